The fraction of sp³-hybridized carbons (Fsp3) is 0.136. The highest BCUT2D eigenvalue weighted by atomic mass is 35.5. The minimum Gasteiger partial charge on any atom is -0.322 e. The zero-order valence-electron chi connectivity index (χ0n) is 16.2. The first-order chi connectivity index (χ1) is 14.3. The highest BCUT2D eigenvalue weighted by Crippen LogP contribution is 2.23. The van der Waals surface area contributed by atoms with Crippen molar-refractivity contribution in [3.05, 3.63) is 94.8 Å². The number of halogens is 2. The Morgan fingerprint density at radius 2 is 1.63 bits per heavy atom. The van der Waals surface area contributed by atoms with E-state index in [1.807, 2.05) is 6.92 Å². The van der Waals surface area contributed by atoms with E-state index in [0.29, 0.717) is 10.6 Å². The minimum atomic E-state index is -4.01. The number of nitrogens with one attached hydrogen (secondary N) is 1. The number of amides is 1. The molecule has 0 heterocycles. The molecule has 0 saturated heterocycles. The molecule has 0 radical (unpaired) electrons. The van der Waals surface area contributed by atoms with Crippen molar-refractivity contribution in [1.82, 2.24) is 4.31 Å². The zero-order valence-corrected chi connectivity index (χ0v) is 17.8. The highest BCUT2D eigenvalue weighted by Gasteiger charge is 2.27. The zero-order chi connectivity index (χ0) is 21.7. The van der Waals surface area contributed by atoms with Crippen LogP contribution in [-0.4, -0.2) is 25.2 Å². The van der Waals surface area contributed by atoms with Gasteiger partial charge in [-0.05, 0) is 42.8 Å². The van der Waals surface area contributed by atoms with Crippen molar-refractivity contribution in [3.63, 3.8) is 0 Å². The maximum absolute atomic E-state index is 13.9. The van der Waals surface area contributed by atoms with E-state index in [1.165, 1.54) is 30.3 Å². The van der Waals surface area contributed by atoms with Crippen LogP contribution in [0.5, 0.6) is 0 Å². The first-order valence-corrected chi connectivity index (χ1v) is 10.9. The summed E-state index contributed by atoms with van der Waals surface area (Å²) >= 11 is 6.20. The molecule has 0 bridgehead atoms. The van der Waals surface area contributed by atoms with Crippen molar-refractivity contribution in [2.24, 2.45) is 0 Å². The lowest BCUT2D eigenvalue weighted by Crippen LogP contribution is -2.37. The standard InChI is InChI=1S/C22H20ClFN2O3S/c1-16-10-12-18(13-11-16)30(28,29)26(14-17-6-2-3-7-19(17)23)15-22(27)25-21-9-5-4-8-20(21)24/h2-13H,14-15H2,1H3,(H,25,27). The molecule has 0 aliphatic carbocycles. The Kier molecular flexibility index (Phi) is 6.87. The van der Waals surface area contributed by atoms with E-state index < -0.39 is 28.3 Å². The summed E-state index contributed by atoms with van der Waals surface area (Å²) < 4.78 is 41.4. The Bertz CT molecular complexity index is 1150. The van der Waals surface area contributed by atoms with E-state index in [2.05, 4.69) is 5.32 Å². The molecule has 0 aromatic heterocycles. The average Bonchev–Trinajstić information content (AvgIpc) is 2.71. The van der Waals surface area contributed by atoms with Crippen LogP contribution in [0.1, 0.15) is 11.1 Å². The predicted octanol–water partition coefficient (Wildman–Crippen LogP) is 4.62. The maximum Gasteiger partial charge on any atom is 0.243 e. The molecule has 30 heavy (non-hydrogen) atoms. The first-order valence-electron chi connectivity index (χ1n) is 9.12. The van der Waals surface area contributed by atoms with E-state index in [9.17, 15) is 17.6 Å². The Hall–Kier alpha value is -2.74. The van der Waals surface area contributed by atoms with Gasteiger partial charge in [-0.25, -0.2) is 12.8 Å². The van der Waals surface area contributed by atoms with Gasteiger partial charge in [0.2, 0.25) is 15.9 Å². The Morgan fingerprint density at radius 3 is 2.30 bits per heavy atom. The third-order valence-electron chi connectivity index (χ3n) is 4.43. The fourth-order valence-corrected chi connectivity index (χ4v) is 4.38. The second kappa shape index (κ2) is 9.38. The van der Waals surface area contributed by atoms with E-state index >= 15 is 0 Å². The highest BCUT2D eigenvalue weighted by molar-refractivity contribution is 7.89. The van der Waals surface area contributed by atoms with Crippen molar-refractivity contribution in [2.45, 2.75) is 18.4 Å². The molecule has 5 nitrogen and oxygen atoms in total. The summed E-state index contributed by atoms with van der Waals surface area (Å²) in [6.07, 6.45) is 0. The second-order valence-electron chi connectivity index (χ2n) is 6.71. The monoisotopic (exact) mass is 446 g/mol. The van der Waals surface area contributed by atoms with Gasteiger partial charge in [-0.15, -0.1) is 0 Å². The van der Waals surface area contributed by atoms with Gasteiger partial charge in [-0.1, -0.05) is 59.6 Å². The summed E-state index contributed by atoms with van der Waals surface area (Å²) in [6, 6.07) is 18.8. The lowest BCUT2D eigenvalue weighted by atomic mass is 10.2. The van der Waals surface area contributed by atoms with Crippen molar-refractivity contribution < 1.29 is 17.6 Å². The van der Waals surface area contributed by atoms with Crippen molar-refractivity contribution in [3.8, 4) is 0 Å². The van der Waals surface area contributed by atoms with Crippen molar-refractivity contribution in [2.75, 3.05) is 11.9 Å². The number of nitrogens with zero attached hydrogens (tertiary/aromatic N) is 1. The molecular weight excluding hydrogens is 427 g/mol. The quantitative estimate of drug-likeness (QED) is 0.576. The Labute approximate surface area is 180 Å². The van der Waals surface area contributed by atoms with Gasteiger partial charge in [0.05, 0.1) is 17.1 Å². The van der Waals surface area contributed by atoms with Crippen LogP contribution in [0, 0.1) is 12.7 Å². The summed E-state index contributed by atoms with van der Waals surface area (Å²) in [4.78, 5) is 12.6. The third-order valence-corrected chi connectivity index (χ3v) is 6.61. The molecule has 3 aromatic rings. The van der Waals surface area contributed by atoms with Crippen LogP contribution in [0.25, 0.3) is 0 Å². The Balaban J connectivity index is 1.91. The molecule has 0 aliphatic rings. The molecule has 0 atom stereocenters. The van der Waals surface area contributed by atoms with Gasteiger partial charge in [0.15, 0.2) is 0 Å². The van der Waals surface area contributed by atoms with E-state index in [0.717, 1.165) is 9.87 Å². The van der Waals surface area contributed by atoms with Gasteiger partial charge in [-0.3, -0.25) is 4.79 Å². The number of para-hydroxylation sites is 1. The largest absolute Gasteiger partial charge is 0.322 e. The topological polar surface area (TPSA) is 66.5 Å². The van der Waals surface area contributed by atoms with Crippen LogP contribution in [0.4, 0.5) is 10.1 Å². The molecule has 3 rings (SSSR count). The number of aryl methyl sites for hydroxylation is 1. The Morgan fingerprint density at radius 1 is 1.00 bits per heavy atom. The molecule has 0 spiro atoms. The van der Waals surface area contributed by atoms with Crippen LogP contribution in [-0.2, 0) is 21.4 Å². The molecule has 0 fully saturated rings. The number of rotatable bonds is 7. The number of sulfonamides is 1. The van der Waals surface area contributed by atoms with Crippen molar-refractivity contribution >= 4 is 33.2 Å². The molecule has 0 unspecified atom stereocenters. The summed E-state index contributed by atoms with van der Waals surface area (Å²) in [5.41, 5.74) is 1.44. The van der Waals surface area contributed by atoms with Crippen LogP contribution >= 0.6 is 11.6 Å². The average molecular weight is 447 g/mol. The maximum atomic E-state index is 13.9. The molecule has 8 heteroatoms. The predicted molar refractivity (Wildman–Crippen MR) is 115 cm³/mol. The molecule has 156 valence electrons. The van der Waals surface area contributed by atoms with Gasteiger partial charge in [0, 0.05) is 11.6 Å². The normalized spacial score (nSPS) is 11.5. The summed E-state index contributed by atoms with van der Waals surface area (Å²) in [5, 5.41) is 2.81. The smallest absolute Gasteiger partial charge is 0.243 e. The number of carbonyl (C=O) groups is 1. The molecule has 0 saturated carbocycles. The summed E-state index contributed by atoms with van der Waals surface area (Å²) in [5.74, 6) is -1.27. The summed E-state index contributed by atoms with van der Waals surface area (Å²) in [6.45, 7) is 1.23. The minimum absolute atomic E-state index is 0.0204. The van der Waals surface area contributed by atoms with Crippen molar-refractivity contribution in [1.29, 1.82) is 0 Å². The van der Waals surface area contributed by atoms with Crippen LogP contribution < -0.4 is 5.32 Å². The molecule has 1 amide bonds. The lowest BCUT2D eigenvalue weighted by molar-refractivity contribution is -0.116. The number of anilines is 1. The molecule has 1 N–H and O–H groups in total. The number of hydrogen-bond donors (Lipinski definition) is 1. The van der Waals surface area contributed by atoms with Crippen LogP contribution in [0.2, 0.25) is 5.02 Å². The second-order valence-corrected chi connectivity index (χ2v) is 9.05. The number of hydrogen-bond acceptors (Lipinski definition) is 3. The third kappa shape index (κ3) is 5.24. The molecule has 0 aliphatic heterocycles. The molecular formula is C22H20ClFN2O3S. The SMILES string of the molecule is Cc1ccc(S(=O)(=O)N(CC(=O)Nc2ccccc2F)Cc2ccccc2Cl)cc1. The van der Waals surface area contributed by atoms with Gasteiger partial charge >= 0.3 is 0 Å². The van der Waals surface area contributed by atoms with E-state index in [1.54, 1.807) is 42.5 Å². The van der Waals surface area contributed by atoms with E-state index in [4.69, 9.17) is 11.6 Å². The van der Waals surface area contributed by atoms with Crippen LogP contribution in [0.3, 0.4) is 0 Å². The van der Waals surface area contributed by atoms with Gasteiger partial charge < -0.3 is 5.32 Å². The van der Waals surface area contributed by atoms with Gasteiger partial charge in [0.1, 0.15) is 5.82 Å². The number of carbonyl (C=O) groups excluding carboxylic acids is 1. The van der Waals surface area contributed by atoms with Crippen LogP contribution in [0.15, 0.2) is 77.7 Å². The molecule has 3 aromatic carbocycles. The first kappa shape index (κ1) is 22.0. The lowest BCUT2D eigenvalue weighted by Gasteiger charge is -2.22. The van der Waals surface area contributed by atoms with Gasteiger partial charge in [0.25, 0.3) is 0 Å². The van der Waals surface area contributed by atoms with Gasteiger partial charge in [-0.2, -0.15) is 4.31 Å². The fourth-order valence-electron chi connectivity index (χ4n) is 2.81. The number of benzene rings is 3. The van der Waals surface area contributed by atoms with E-state index in [-0.39, 0.29) is 17.1 Å². The summed E-state index contributed by atoms with van der Waals surface area (Å²) in [7, 11) is -4.01.